The fourth-order valence-corrected chi connectivity index (χ4v) is 4.58. The molecule has 10 heteroatoms. The molecule has 1 aliphatic rings. The highest BCUT2D eigenvalue weighted by Gasteiger charge is 2.34. The Balaban J connectivity index is 1.48. The highest BCUT2D eigenvalue weighted by Crippen LogP contribution is 2.24. The van der Waals surface area contributed by atoms with E-state index in [1.54, 1.807) is 42.8 Å². The number of hydrogen-bond donors (Lipinski definition) is 1. The number of carbonyl (C=O) groups excluding carboxylic acids is 2. The molecule has 0 saturated carbocycles. The van der Waals surface area contributed by atoms with E-state index in [-0.39, 0.29) is 24.7 Å². The van der Waals surface area contributed by atoms with Crippen molar-refractivity contribution in [2.75, 3.05) is 25.0 Å². The normalized spacial score (nSPS) is 15.8. The van der Waals surface area contributed by atoms with Crippen LogP contribution in [0.1, 0.15) is 18.7 Å². The molecule has 1 fully saturated rings. The van der Waals surface area contributed by atoms with Crippen molar-refractivity contribution >= 4 is 27.6 Å². The minimum atomic E-state index is -3.69. The number of aryl methyl sites for hydroxylation is 2. The van der Waals surface area contributed by atoms with Gasteiger partial charge in [-0.2, -0.15) is 4.31 Å². The molecule has 0 spiro atoms. The number of anilines is 1. The first-order valence-corrected chi connectivity index (χ1v) is 10.7. The van der Waals surface area contributed by atoms with E-state index in [4.69, 9.17) is 4.74 Å². The highest BCUT2D eigenvalue weighted by molar-refractivity contribution is 7.89. The van der Waals surface area contributed by atoms with Crippen molar-refractivity contribution in [1.29, 1.82) is 0 Å². The molecule has 29 heavy (non-hydrogen) atoms. The van der Waals surface area contributed by atoms with Crippen LogP contribution >= 0.6 is 0 Å². The monoisotopic (exact) mass is 420 g/mol. The first-order chi connectivity index (χ1) is 13.8. The number of esters is 1. The van der Waals surface area contributed by atoms with Crippen molar-refractivity contribution in [3.05, 3.63) is 42.4 Å². The van der Waals surface area contributed by atoms with Crippen molar-refractivity contribution < 1.29 is 22.7 Å². The van der Waals surface area contributed by atoms with Gasteiger partial charge in [0.1, 0.15) is 5.82 Å². The molecule has 2 aromatic rings. The second-order valence-electron chi connectivity index (χ2n) is 6.94. The SMILES string of the molecule is Cc1nc(S(=O)(=O)N2CCC(C(=O)OCC(=O)Nc3ccccc3)CC2)cn1C. The molecule has 156 valence electrons. The summed E-state index contributed by atoms with van der Waals surface area (Å²) in [6.07, 6.45) is 2.16. The number of piperidine rings is 1. The Labute approximate surface area is 169 Å². The van der Waals surface area contributed by atoms with E-state index in [0.717, 1.165) is 0 Å². The van der Waals surface area contributed by atoms with Crippen LogP contribution in [-0.2, 0) is 31.4 Å². The number of nitrogens with one attached hydrogen (secondary N) is 1. The van der Waals surface area contributed by atoms with Crippen LogP contribution in [0.2, 0.25) is 0 Å². The van der Waals surface area contributed by atoms with E-state index >= 15 is 0 Å². The molecular formula is C19H24N4O5S. The maximum Gasteiger partial charge on any atom is 0.309 e. The summed E-state index contributed by atoms with van der Waals surface area (Å²) < 4.78 is 33.5. The molecule has 0 aliphatic carbocycles. The van der Waals surface area contributed by atoms with Crippen molar-refractivity contribution in [1.82, 2.24) is 13.9 Å². The number of imidazole rings is 1. The molecule has 2 heterocycles. The molecule has 0 radical (unpaired) electrons. The van der Waals surface area contributed by atoms with Gasteiger partial charge in [-0.25, -0.2) is 13.4 Å². The van der Waals surface area contributed by atoms with Crippen LogP contribution in [0.25, 0.3) is 0 Å². The molecule has 0 bridgehead atoms. The summed E-state index contributed by atoms with van der Waals surface area (Å²) in [7, 11) is -1.95. The number of hydrogen-bond acceptors (Lipinski definition) is 6. The minimum Gasteiger partial charge on any atom is -0.455 e. The Morgan fingerprint density at radius 1 is 1.21 bits per heavy atom. The van der Waals surface area contributed by atoms with Gasteiger partial charge in [0, 0.05) is 32.0 Å². The quantitative estimate of drug-likeness (QED) is 0.706. The van der Waals surface area contributed by atoms with Gasteiger partial charge in [0.05, 0.1) is 5.92 Å². The predicted octanol–water partition coefficient (Wildman–Crippen LogP) is 1.31. The molecule has 1 N–H and O–H groups in total. The molecule has 1 aromatic heterocycles. The first-order valence-electron chi connectivity index (χ1n) is 9.29. The summed E-state index contributed by atoms with van der Waals surface area (Å²) in [4.78, 5) is 28.2. The highest BCUT2D eigenvalue weighted by atomic mass is 32.2. The van der Waals surface area contributed by atoms with Crippen LogP contribution in [0.15, 0.2) is 41.6 Å². The van der Waals surface area contributed by atoms with Crippen molar-refractivity contribution in [3.8, 4) is 0 Å². The van der Waals surface area contributed by atoms with Gasteiger partial charge in [0.15, 0.2) is 11.6 Å². The molecule has 0 unspecified atom stereocenters. The standard InChI is InChI=1S/C19H24N4O5S/c1-14-20-18(12-22(14)2)29(26,27)23-10-8-15(9-11-23)19(25)28-13-17(24)21-16-6-4-3-5-7-16/h3-7,12,15H,8-11,13H2,1-2H3,(H,21,24). The summed E-state index contributed by atoms with van der Waals surface area (Å²) >= 11 is 0. The Kier molecular flexibility index (Phi) is 6.33. The molecule has 1 aliphatic heterocycles. The number of para-hydroxylation sites is 1. The average Bonchev–Trinajstić information content (AvgIpc) is 3.06. The first kappa shape index (κ1) is 21.0. The maximum absolute atomic E-state index is 12.7. The number of ether oxygens (including phenoxy) is 1. The van der Waals surface area contributed by atoms with Crippen molar-refractivity contribution in [2.24, 2.45) is 13.0 Å². The third-order valence-corrected chi connectivity index (χ3v) is 6.65. The van der Waals surface area contributed by atoms with Gasteiger partial charge in [-0.1, -0.05) is 18.2 Å². The molecular weight excluding hydrogens is 396 g/mol. The van der Waals surface area contributed by atoms with Gasteiger partial charge >= 0.3 is 5.97 Å². The zero-order valence-corrected chi connectivity index (χ0v) is 17.2. The predicted molar refractivity (Wildman–Crippen MR) is 105 cm³/mol. The summed E-state index contributed by atoms with van der Waals surface area (Å²) in [5, 5.41) is 2.65. The number of aromatic nitrogens is 2. The van der Waals surface area contributed by atoms with Crippen molar-refractivity contribution in [3.63, 3.8) is 0 Å². The zero-order valence-electron chi connectivity index (χ0n) is 16.4. The van der Waals surface area contributed by atoms with E-state index in [9.17, 15) is 18.0 Å². The summed E-state index contributed by atoms with van der Waals surface area (Å²) in [6, 6.07) is 8.88. The smallest absolute Gasteiger partial charge is 0.309 e. The van der Waals surface area contributed by atoms with Gasteiger partial charge in [0.2, 0.25) is 0 Å². The third kappa shape index (κ3) is 5.01. The number of sulfonamides is 1. The minimum absolute atomic E-state index is 0.0103. The maximum atomic E-state index is 12.7. The molecule has 1 aromatic carbocycles. The molecule has 3 rings (SSSR count). The Hall–Kier alpha value is -2.72. The number of benzene rings is 1. The van der Waals surface area contributed by atoms with Gasteiger partial charge in [0.25, 0.3) is 15.9 Å². The molecule has 9 nitrogen and oxygen atoms in total. The van der Waals surface area contributed by atoms with Crippen LogP contribution in [0.4, 0.5) is 5.69 Å². The van der Waals surface area contributed by atoms with E-state index in [2.05, 4.69) is 10.3 Å². The number of rotatable bonds is 6. The molecule has 0 atom stereocenters. The summed E-state index contributed by atoms with van der Waals surface area (Å²) in [6.45, 7) is 1.76. The lowest BCUT2D eigenvalue weighted by atomic mass is 9.98. The lowest BCUT2D eigenvalue weighted by Crippen LogP contribution is -2.41. The zero-order chi connectivity index (χ0) is 21.0. The number of carbonyl (C=O) groups is 2. The van der Waals surface area contributed by atoms with Crippen LogP contribution in [-0.4, -0.2) is 53.8 Å². The van der Waals surface area contributed by atoms with Gasteiger partial charge in [-0.3, -0.25) is 9.59 Å². The Morgan fingerprint density at radius 2 is 1.86 bits per heavy atom. The topological polar surface area (TPSA) is 111 Å². The van der Waals surface area contributed by atoms with Crippen LogP contribution in [0, 0.1) is 12.8 Å². The largest absolute Gasteiger partial charge is 0.455 e. The van der Waals surface area contributed by atoms with Crippen LogP contribution < -0.4 is 5.32 Å². The van der Waals surface area contributed by atoms with Crippen molar-refractivity contribution in [2.45, 2.75) is 24.8 Å². The van der Waals surface area contributed by atoms with Gasteiger partial charge in [-0.05, 0) is 31.9 Å². The molecule has 1 amide bonds. The van der Waals surface area contributed by atoms with Crippen LogP contribution in [0.5, 0.6) is 0 Å². The van der Waals surface area contributed by atoms with E-state index in [1.165, 1.54) is 10.5 Å². The van der Waals surface area contributed by atoms with Crippen LogP contribution in [0.3, 0.4) is 0 Å². The number of nitrogens with zero attached hydrogens (tertiary/aromatic N) is 3. The van der Waals surface area contributed by atoms with E-state index in [0.29, 0.717) is 24.4 Å². The second kappa shape index (κ2) is 8.75. The second-order valence-corrected chi connectivity index (χ2v) is 8.82. The van der Waals surface area contributed by atoms with Gasteiger partial charge < -0.3 is 14.6 Å². The third-order valence-electron chi connectivity index (χ3n) is 4.88. The van der Waals surface area contributed by atoms with E-state index < -0.39 is 27.8 Å². The Bertz CT molecular complexity index is 960. The Morgan fingerprint density at radius 3 is 2.45 bits per heavy atom. The van der Waals surface area contributed by atoms with E-state index in [1.807, 2.05) is 6.07 Å². The lowest BCUT2D eigenvalue weighted by molar-refractivity contribution is -0.152. The molecule has 1 saturated heterocycles. The fourth-order valence-electron chi connectivity index (χ4n) is 3.09. The summed E-state index contributed by atoms with van der Waals surface area (Å²) in [5.74, 6) is -0.735. The fraction of sp³-hybridized carbons (Fsp3) is 0.421. The lowest BCUT2D eigenvalue weighted by Gasteiger charge is -2.29. The number of amides is 1. The summed E-state index contributed by atoms with van der Waals surface area (Å²) in [5.41, 5.74) is 0.622. The average molecular weight is 420 g/mol. The van der Waals surface area contributed by atoms with Gasteiger partial charge in [-0.15, -0.1) is 0 Å².